The summed E-state index contributed by atoms with van der Waals surface area (Å²) in [6, 6.07) is 4.41. The van der Waals surface area contributed by atoms with Crippen LogP contribution < -0.4 is 5.73 Å². The molecule has 0 unspecified atom stereocenters. The van der Waals surface area contributed by atoms with Crippen molar-refractivity contribution in [1.82, 2.24) is 15.0 Å². The molecule has 1 aromatic carbocycles. The molecule has 0 bridgehead atoms. The van der Waals surface area contributed by atoms with E-state index >= 15 is 0 Å². The van der Waals surface area contributed by atoms with E-state index in [9.17, 15) is 4.39 Å². The van der Waals surface area contributed by atoms with Crippen molar-refractivity contribution < 1.29 is 4.39 Å². The SMILES string of the molecule is CC(C)(C)c1c(N)nnn1-c1ccc(F)cc1Br. The van der Waals surface area contributed by atoms with Gasteiger partial charge in [0, 0.05) is 9.89 Å². The first-order valence-electron chi connectivity index (χ1n) is 5.48. The Labute approximate surface area is 113 Å². The first kappa shape index (κ1) is 13.0. The first-order valence-corrected chi connectivity index (χ1v) is 6.27. The molecule has 0 atom stereocenters. The lowest BCUT2D eigenvalue weighted by molar-refractivity contribution is 0.543. The summed E-state index contributed by atoms with van der Waals surface area (Å²) < 4.78 is 15.3. The van der Waals surface area contributed by atoms with Crippen molar-refractivity contribution >= 4 is 21.7 Å². The summed E-state index contributed by atoms with van der Waals surface area (Å²) >= 11 is 3.32. The highest BCUT2D eigenvalue weighted by atomic mass is 79.9. The summed E-state index contributed by atoms with van der Waals surface area (Å²) in [6.45, 7) is 6.07. The maximum Gasteiger partial charge on any atom is 0.170 e. The molecule has 0 radical (unpaired) electrons. The Balaban J connectivity index is 2.65. The third-order valence-electron chi connectivity index (χ3n) is 2.54. The van der Waals surface area contributed by atoms with Crippen LogP contribution in [0.3, 0.4) is 0 Å². The summed E-state index contributed by atoms with van der Waals surface area (Å²) in [5.41, 5.74) is 7.17. The molecule has 0 aliphatic heterocycles. The van der Waals surface area contributed by atoms with Gasteiger partial charge in [0.1, 0.15) is 5.82 Å². The number of anilines is 1. The third kappa shape index (κ3) is 2.25. The highest BCUT2D eigenvalue weighted by Gasteiger charge is 2.25. The Bertz CT molecular complexity index is 586. The van der Waals surface area contributed by atoms with E-state index in [1.807, 2.05) is 20.8 Å². The fraction of sp³-hybridized carbons (Fsp3) is 0.333. The zero-order chi connectivity index (χ0) is 13.5. The fourth-order valence-electron chi connectivity index (χ4n) is 1.82. The van der Waals surface area contributed by atoms with Crippen LogP contribution in [-0.4, -0.2) is 15.0 Å². The molecule has 4 nitrogen and oxygen atoms in total. The van der Waals surface area contributed by atoms with E-state index in [4.69, 9.17) is 5.73 Å². The minimum Gasteiger partial charge on any atom is -0.381 e. The van der Waals surface area contributed by atoms with Crippen molar-refractivity contribution in [3.63, 3.8) is 0 Å². The summed E-state index contributed by atoms with van der Waals surface area (Å²) in [4.78, 5) is 0. The number of nitrogens with zero attached hydrogens (tertiary/aromatic N) is 3. The van der Waals surface area contributed by atoms with Crippen LogP contribution in [0.5, 0.6) is 0 Å². The van der Waals surface area contributed by atoms with E-state index in [1.54, 1.807) is 10.7 Å². The molecule has 1 aromatic heterocycles. The number of halogens is 2. The fourth-order valence-corrected chi connectivity index (χ4v) is 2.34. The molecule has 0 spiro atoms. The molecule has 6 heteroatoms. The lowest BCUT2D eigenvalue weighted by Crippen LogP contribution is -2.19. The van der Waals surface area contributed by atoms with Crippen molar-refractivity contribution in [3.8, 4) is 5.69 Å². The van der Waals surface area contributed by atoms with Crippen LogP contribution >= 0.6 is 15.9 Å². The molecule has 0 fully saturated rings. The minimum absolute atomic E-state index is 0.207. The molecular formula is C12H14BrFN4. The summed E-state index contributed by atoms with van der Waals surface area (Å²) in [5, 5.41) is 7.93. The second kappa shape index (κ2) is 4.35. The molecule has 2 rings (SSSR count). The first-order chi connectivity index (χ1) is 8.30. The van der Waals surface area contributed by atoms with E-state index in [2.05, 4.69) is 26.2 Å². The molecule has 0 aliphatic carbocycles. The second-order valence-corrected chi connectivity index (χ2v) is 5.94. The van der Waals surface area contributed by atoms with Gasteiger partial charge in [-0.2, -0.15) is 0 Å². The van der Waals surface area contributed by atoms with Gasteiger partial charge in [0.05, 0.1) is 11.4 Å². The third-order valence-corrected chi connectivity index (χ3v) is 3.18. The van der Waals surface area contributed by atoms with Crippen LogP contribution in [0.4, 0.5) is 10.2 Å². The zero-order valence-electron chi connectivity index (χ0n) is 10.4. The average Bonchev–Trinajstić information content (AvgIpc) is 2.59. The van der Waals surface area contributed by atoms with Crippen LogP contribution in [0, 0.1) is 5.82 Å². The van der Waals surface area contributed by atoms with Crippen LogP contribution in [0.25, 0.3) is 5.69 Å². The number of rotatable bonds is 1. The van der Waals surface area contributed by atoms with Gasteiger partial charge in [-0.3, -0.25) is 0 Å². The van der Waals surface area contributed by atoms with Gasteiger partial charge in [0.15, 0.2) is 5.82 Å². The molecule has 18 heavy (non-hydrogen) atoms. The molecule has 0 amide bonds. The van der Waals surface area contributed by atoms with Gasteiger partial charge in [-0.05, 0) is 34.1 Å². The Hall–Kier alpha value is -1.43. The standard InChI is InChI=1S/C12H14BrFN4/c1-12(2,3)10-11(15)16-17-18(10)9-5-4-7(14)6-8(9)13/h4-6H,15H2,1-3H3. The van der Waals surface area contributed by atoms with Gasteiger partial charge in [0.2, 0.25) is 0 Å². The number of hydrogen-bond acceptors (Lipinski definition) is 3. The molecular weight excluding hydrogens is 299 g/mol. The molecule has 0 aliphatic rings. The smallest absolute Gasteiger partial charge is 0.170 e. The van der Waals surface area contributed by atoms with Crippen molar-refractivity contribution in [2.75, 3.05) is 5.73 Å². The van der Waals surface area contributed by atoms with Gasteiger partial charge in [-0.1, -0.05) is 26.0 Å². The van der Waals surface area contributed by atoms with Crippen molar-refractivity contribution in [2.24, 2.45) is 0 Å². The van der Waals surface area contributed by atoms with E-state index in [0.29, 0.717) is 16.0 Å². The maximum absolute atomic E-state index is 13.1. The lowest BCUT2D eigenvalue weighted by atomic mass is 9.91. The maximum atomic E-state index is 13.1. The topological polar surface area (TPSA) is 56.7 Å². The number of aromatic nitrogens is 3. The minimum atomic E-state index is -0.309. The predicted molar refractivity (Wildman–Crippen MR) is 72.1 cm³/mol. The predicted octanol–water partition coefficient (Wildman–Crippen LogP) is 3.05. The highest BCUT2D eigenvalue weighted by molar-refractivity contribution is 9.10. The van der Waals surface area contributed by atoms with E-state index in [-0.39, 0.29) is 11.2 Å². The molecule has 0 saturated carbocycles. The average molecular weight is 313 g/mol. The van der Waals surface area contributed by atoms with Crippen LogP contribution in [0.1, 0.15) is 26.5 Å². The summed E-state index contributed by atoms with van der Waals surface area (Å²) in [5.74, 6) is 0.0785. The number of benzene rings is 1. The second-order valence-electron chi connectivity index (χ2n) is 5.08. The van der Waals surface area contributed by atoms with E-state index in [1.165, 1.54) is 12.1 Å². The number of nitrogens with two attached hydrogens (primary N) is 1. The zero-order valence-corrected chi connectivity index (χ0v) is 12.0. The summed E-state index contributed by atoms with van der Waals surface area (Å²) in [6.07, 6.45) is 0. The van der Waals surface area contributed by atoms with Crippen LogP contribution in [-0.2, 0) is 5.41 Å². The van der Waals surface area contributed by atoms with Gasteiger partial charge in [-0.25, -0.2) is 9.07 Å². The number of hydrogen-bond donors (Lipinski definition) is 1. The monoisotopic (exact) mass is 312 g/mol. The molecule has 2 N–H and O–H groups in total. The normalized spacial score (nSPS) is 11.8. The van der Waals surface area contributed by atoms with Gasteiger partial charge < -0.3 is 5.73 Å². The van der Waals surface area contributed by atoms with Crippen molar-refractivity contribution in [2.45, 2.75) is 26.2 Å². The van der Waals surface area contributed by atoms with Gasteiger partial charge in [-0.15, -0.1) is 5.10 Å². The Morgan fingerprint density at radius 1 is 1.33 bits per heavy atom. The summed E-state index contributed by atoms with van der Waals surface area (Å²) in [7, 11) is 0. The quantitative estimate of drug-likeness (QED) is 0.880. The Morgan fingerprint density at radius 3 is 2.56 bits per heavy atom. The largest absolute Gasteiger partial charge is 0.381 e. The molecule has 1 heterocycles. The Kier molecular flexibility index (Phi) is 3.14. The molecule has 2 aromatic rings. The number of nitrogen functional groups attached to an aromatic ring is 1. The molecule has 96 valence electrons. The van der Waals surface area contributed by atoms with Gasteiger partial charge >= 0.3 is 0 Å². The van der Waals surface area contributed by atoms with Crippen molar-refractivity contribution in [1.29, 1.82) is 0 Å². The van der Waals surface area contributed by atoms with Crippen molar-refractivity contribution in [3.05, 3.63) is 34.2 Å². The Morgan fingerprint density at radius 2 is 2.00 bits per heavy atom. The van der Waals surface area contributed by atoms with E-state index in [0.717, 1.165) is 5.69 Å². The van der Waals surface area contributed by atoms with E-state index < -0.39 is 0 Å². The van der Waals surface area contributed by atoms with Gasteiger partial charge in [0.25, 0.3) is 0 Å². The lowest BCUT2D eigenvalue weighted by Gasteiger charge is -2.20. The molecule has 0 saturated heterocycles. The highest BCUT2D eigenvalue weighted by Crippen LogP contribution is 2.31. The van der Waals surface area contributed by atoms with Crippen LogP contribution in [0.15, 0.2) is 22.7 Å². The van der Waals surface area contributed by atoms with Crippen LogP contribution in [0.2, 0.25) is 0 Å².